The van der Waals surface area contributed by atoms with Crippen LogP contribution in [0.4, 0.5) is 37.7 Å². The monoisotopic (exact) mass is 585 g/mol. The molecule has 1 aliphatic rings. The molecule has 0 saturated carbocycles. The van der Waals surface area contributed by atoms with Crippen molar-refractivity contribution in [3.63, 3.8) is 0 Å². The molecule has 4 rings (SSSR count). The molecule has 210 valence electrons. The zero-order valence-electron chi connectivity index (χ0n) is 21.8. The first-order valence-corrected chi connectivity index (χ1v) is 15.5. The first kappa shape index (κ1) is 29.5. The molecule has 2 N–H and O–H groups in total. The Bertz CT molecular complexity index is 1360. The second-order valence-electron chi connectivity index (χ2n) is 9.82. The van der Waals surface area contributed by atoms with Crippen LogP contribution in [0.15, 0.2) is 36.4 Å². The topological polar surface area (TPSA) is 27.3 Å². The Balaban J connectivity index is 1.61. The first-order valence-electron chi connectivity index (χ1n) is 12.5. The van der Waals surface area contributed by atoms with Crippen molar-refractivity contribution in [1.29, 1.82) is 0 Å². The number of rotatable bonds is 7. The molecule has 0 amide bonds. The van der Waals surface area contributed by atoms with E-state index in [0.717, 1.165) is 23.2 Å². The van der Waals surface area contributed by atoms with Gasteiger partial charge in [-0.3, -0.25) is 0 Å². The van der Waals surface area contributed by atoms with Crippen LogP contribution >= 0.6 is 19.3 Å². The lowest BCUT2D eigenvalue weighted by Gasteiger charge is -2.33. The van der Waals surface area contributed by atoms with Crippen LogP contribution in [-0.2, 0) is 6.42 Å². The van der Waals surface area contributed by atoms with E-state index < -0.39 is 39.2 Å². The summed E-state index contributed by atoms with van der Waals surface area (Å²) < 4.78 is 83.0. The molecule has 2 aromatic carbocycles. The number of halogens is 6. The van der Waals surface area contributed by atoms with Gasteiger partial charge < -0.3 is 15.5 Å². The van der Waals surface area contributed by atoms with E-state index >= 15 is 0 Å². The molecule has 2 heterocycles. The fourth-order valence-corrected chi connectivity index (χ4v) is 6.55. The predicted molar refractivity (Wildman–Crippen MR) is 151 cm³/mol. The average molecular weight is 586 g/mol. The van der Waals surface area contributed by atoms with Gasteiger partial charge in [0.15, 0.2) is 0 Å². The number of anilines is 2. The average Bonchev–Trinajstić information content (AvgIpc) is 3.20. The molecule has 11 heteroatoms. The number of nitrogens with one attached hydrogen (secondary N) is 2. The molecule has 3 aromatic rings. The Morgan fingerprint density at radius 1 is 1.15 bits per heavy atom. The maximum absolute atomic E-state index is 14.7. The molecule has 0 spiro atoms. The van der Waals surface area contributed by atoms with E-state index in [1.54, 1.807) is 30.3 Å². The van der Waals surface area contributed by atoms with E-state index in [2.05, 4.69) is 22.5 Å². The Labute approximate surface area is 229 Å². The highest BCUT2D eigenvalue weighted by Gasteiger charge is 2.32. The van der Waals surface area contributed by atoms with Gasteiger partial charge in [0.05, 0.1) is 34.3 Å². The maximum atomic E-state index is 14.7. The van der Waals surface area contributed by atoms with Crippen molar-refractivity contribution in [3.05, 3.63) is 52.4 Å². The van der Waals surface area contributed by atoms with E-state index in [1.165, 1.54) is 6.07 Å². The van der Waals surface area contributed by atoms with Crippen LogP contribution in [-0.4, -0.2) is 63.3 Å². The number of nitrogens with zero attached hydrogens (tertiary/aromatic N) is 1. The van der Waals surface area contributed by atoms with Gasteiger partial charge >= 0.3 is 6.18 Å². The fourth-order valence-electron chi connectivity index (χ4n) is 4.61. The summed E-state index contributed by atoms with van der Waals surface area (Å²) in [5.41, 5.74) is 0.770. The highest BCUT2D eigenvalue weighted by molar-refractivity contribution is 7.64. The quantitative estimate of drug-likeness (QED) is 0.174. The lowest BCUT2D eigenvalue weighted by Crippen LogP contribution is -2.46. The molecule has 3 nitrogen and oxygen atoms in total. The van der Waals surface area contributed by atoms with E-state index in [9.17, 15) is 26.3 Å². The maximum Gasteiger partial charge on any atom is 0.393 e. The number of alkyl halides is 6. The Morgan fingerprint density at radius 3 is 2.59 bits per heavy atom. The van der Waals surface area contributed by atoms with Gasteiger partial charge in [-0.05, 0) is 61.3 Å². The van der Waals surface area contributed by atoms with Crippen molar-refractivity contribution < 1.29 is 26.3 Å². The van der Waals surface area contributed by atoms with E-state index in [1.807, 2.05) is 25.3 Å². The number of piperidine rings is 1. The molecular weight excluding hydrogens is 555 g/mol. The minimum atomic E-state index is -4.45. The van der Waals surface area contributed by atoms with Gasteiger partial charge in [-0.1, -0.05) is 38.0 Å². The lowest BCUT2D eigenvalue weighted by atomic mass is 10.0. The summed E-state index contributed by atoms with van der Waals surface area (Å²) in [4.78, 5) is 2.16. The third kappa shape index (κ3) is 7.39. The number of hydrogen-bond acceptors (Lipinski definition) is 4. The largest absolute Gasteiger partial charge is 0.393 e. The number of benzene rings is 2. The van der Waals surface area contributed by atoms with Crippen molar-refractivity contribution in [2.24, 2.45) is 0 Å². The highest BCUT2D eigenvalue weighted by atomic mass is 32.1. The van der Waals surface area contributed by atoms with Gasteiger partial charge in [-0.25, -0.2) is 13.2 Å². The zero-order chi connectivity index (χ0) is 28.3. The molecule has 0 bridgehead atoms. The van der Waals surface area contributed by atoms with Crippen LogP contribution in [0.3, 0.4) is 0 Å². The zero-order valence-corrected chi connectivity index (χ0v) is 23.5. The number of likely N-dealkylation sites (tertiary alicyclic amines) is 1. The molecule has 39 heavy (non-hydrogen) atoms. The van der Waals surface area contributed by atoms with E-state index in [-0.39, 0.29) is 34.8 Å². The summed E-state index contributed by atoms with van der Waals surface area (Å²) in [7, 11) is 1.31. The summed E-state index contributed by atoms with van der Waals surface area (Å²) in [6, 6.07) is 9.46. The van der Waals surface area contributed by atoms with Crippen molar-refractivity contribution in [2.75, 3.05) is 50.6 Å². The third-order valence-electron chi connectivity index (χ3n) is 6.64. The molecule has 1 aromatic heterocycles. The standard InChI is InChI=1S/C28H30F6N3PS/c1-37-13-11-23(21(29)16-37)36-24-7-4-6-18-20(15-28(32,33)34)25(39-26(18)24)8-5-12-35-22-10-9-17(38(2)3)14-19(22)27(30)31/h4,6-7,9-10,14,21,23,27,35-36H,11-13,15-16H2,1-3H3/t21-,23+/m1/s1. The SMILES string of the molecule is CN1CC[C@H](Nc2cccc3c(CC(F)(F)F)c(C#CCNc4ccc(P(C)C)cc4C(F)F)sc23)[C@H](F)C1. The van der Waals surface area contributed by atoms with Gasteiger partial charge in [0, 0.05) is 24.3 Å². The fraction of sp³-hybridized carbons (Fsp3) is 0.429. The molecule has 1 aliphatic heterocycles. The van der Waals surface area contributed by atoms with Crippen LogP contribution in [0.5, 0.6) is 0 Å². The van der Waals surface area contributed by atoms with E-state index in [0.29, 0.717) is 22.2 Å². The number of hydrogen-bond donors (Lipinski definition) is 2. The van der Waals surface area contributed by atoms with Gasteiger partial charge in [-0.15, -0.1) is 11.3 Å². The lowest BCUT2D eigenvalue weighted by molar-refractivity contribution is -0.126. The Hall–Kier alpha value is -2.47. The molecule has 0 aliphatic carbocycles. The highest BCUT2D eigenvalue weighted by Crippen LogP contribution is 2.39. The van der Waals surface area contributed by atoms with Crippen molar-refractivity contribution in [3.8, 4) is 11.8 Å². The van der Waals surface area contributed by atoms with Crippen LogP contribution in [0, 0.1) is 11.8 Å². The van der Waals surface area contributed by atoms with Crippen molar-refractivity contribution >= 4 is 46.0 Å². The minimum Gasteiger partial charge on any atom is -0.378 e. The predicted octanol–water partition coefficient (Wildman–Crippen LogP) is 7.23. The summed E-state index contributed by atoms with van der Waals surface area (Å²) in [6.45, 7) is 4.95. The van der Waals surface area contributed by atoms with E-state index in [4.69, 9.17) is 0 Å². The second kappa shape index (κ2) is 12.4. The summed E-state index contributed by atoms with van der Waals surface area (Å²) in [5, 5.41) is 7.37. The molecular formula is C28H30F6N3PS. The normalized spacial score (nSPS) is 18.4. The molecule has 2 atom stereocenters. The van der Waals surface area contributed by atoms with Gasteiger partial charge in [0.25, 0.3) is 6.43 Å². The van der Waals surface area contributed by atoms with Crippen LogP contribution in [0.1, 0.15) is 28.9 Å². The molecule has 0 radical (unpaired) electrons. The second-order valence-corrected chi connectivity index (χ2v) is 13.1. The van der Waals surface area contributed by atoms with Crippen LogP contribution in [0.25, 0.3) is 10.1 Å². The smallest absolute Gasteiger partial charge is 0.378 e. The molecule has 1 fully saturated rings. The summed E-state index contributed by atoms with van der Waals surface area (Å²) >= 11 is 1.13. The summed E-state index contributed by atoms with van der Waals surface area (Å²) in [5.74, 6) is 5.64. The van der Waals surface area contributed by atoms with Gasteiger partial charge in [0.1, 0.15) is 6.17 Å². The third-order valence-corrected chi connectivity index (χ3v) is 9.14. The van der Waals surface area contributed by atoms with Crippen LogP contribution in [0.2, 0.25) is 0 Å². The summed E-state index contributed by atoms with van der Waals surface area (Å²) in [6.07, 6.45) is -8.80. The van der Waals surface area contributed by atoms with Crippen LogP contribution < -0.4 is 15.9 Å². The number of fused-ring (bicyclic) bond motifs is 1. The minimum absolute atomic E-state index is 0.0178. The molecule has 0 unspecified atom stereocenters. The van der Waals surface area contributed by atoms with Crippen molar-refractivity contribution in [2.45, 2.75) is 37.7 Å². The van der Waals surface area contributed by atoms with Gasteiger partial charge in [0.2, 0.25) is 0 Å². The first-order chi connectivity index (χ1) is 18.4. The Morgan fingerprint density at radius 2 is 1.92 bits per heavy atom. The molecule has 1 saturated heterocycles. The Kier molecular flexibility index (Phi) is 9.36. The van der Waals surface area contributed by atoms with Gasteiger partial charge in [-0.2, -0.15) is 13.2 Å². The number of thiophene rings is 1. The van der Waals surface area contributed by atoms with Crippen molar-refractivity contribution in [1.82, 2.24) is 4.90 Å².